The van der Waals surface area contributed by atoms with Crippen molar-refractivity contribution >= 4 is 11.3 Å². The molecule has 1 aromatic heterocycles. The van der Waals surface area contributed by atoms with E-state index in [4.69, 9.17) is 4.74 Å². The molecule has 0 saturated heterocycles. The fourth-order valence-corrected chi connectivity index (χ4v) is 2.57. The largest absolute Gasteiger partial charge is 0.443 e. The second-order valence-corrected chi connectivity index (χ2v) is 4.86. The quantitative estimate of drug-likeness (QED) is 0.878. The predicted molar refractivity (Wildman–Crippen MR) is 51.0 cm³/mol. The Morgan fingerprint density at radius 2 is 2.19 bits per heavy atom. The lowest BCUT2D eigenvalue weighted by Crippen LogP contribution is -2.44. The molecule has 0 atom stereocenters. The van der Waals surface area contributed by atoms with Gasteiger partial charge in [0, 0.05) is 26.1 Å². The Bertz CT molecular complexity index is 384. The normalized spacial score (nSPS) is 30.2. The van der Waals surface area contributed by atoms with Crippen molar-refractivity contribution in [2.75, 3.05) is 7.11 Å². The Balaban J connectivity index is 2.15. The first-order chi connectivity index (χ1) is 7.35. The summed E-state index contributed by atoms with van der Waals surface area (Å²) in [5, 5.41) is 9.07. The van der Waals surface area contributed by atoms with E-state index in [1.807, 2.05) is 0 Å². The fourth-order valence-electron chi connectivity index (χ4n) is 1.68. The topological polar surface area (TPSA) is 42.4 Å². The summed E-state index contributed by atoms with van der Waals surface area (Å²) in [6.07, 6.45) is -2.78. The van der Waals surface area contributed by atoms with Crippen molar-refractivity contribution in [3.63, 3.8) is 0 Å². The number of aromatic nitrogens is 1. The summed E-state index contributed by atoms with van der Waals surface area (Å²) >= 11 is 0.493. The van der Waals surface area contributed by atoms with Gasteiger partial charge in [-0.2, -0.15) is 13.2 Å². The SMILES string of the molecule is COC1CC(O)(c2cnc(C(F)(F)F)s2)C1. The van der Waals surface area contributed by atoms with E-state index in [1.165, 1.54) is 7.11 Å². The van der Waals surface area contributed by atoms with E-state index in [0.717, 1.165) is 6.20 Å². The van der Waals surface area contributed by atoms with Crippen molar-refractivity contribution in [2.45, 2.75) is 30.7 Å². The van der Waals surface area contributed by atoms with Gasteiger partial charge in [-0.1, -0.05) is 0 Å². The molecule has 1 aliphatic rings. The smallest absolute Gasteiger partial charge is 0.384 e. The minimum absolute atomic E-state index is 0.0820. The Morgan fingerprint density at radius 3 is 2.62 bits per heavy atom. The van der Waals surface area contributed by atoms with E-state index in [9.17, 15) is 18.3 Å². The standard InChI is InChI=1S/C9H10F3NO2S/c1-15-5-2-8(14,3-5)6-4-13-7(16-6)9(10,11)12/h4-5,14H,2-3H2,1H3. The molecule has 1 aromatic rings. The average molecular weight is 253 g/mol. The van der Waals surface area contributed by atoms with Crippen LogP contribution in [0, 0.1) is 0 Å². The molecule has 2 rings (SSSR count). The van der Waals surface area contributed by atoms with Gasteiger partial charge < -0.3 is 9.84 Å². The first-order valence-corrected chi connectivity index (χ1v) is 5.45. The summed E-state index contributed by atoms with van der Waals surface area (Å²) < 4.78 is 41.9. The van der Waals surface area contributed by atoms with Crippen LogP contribution in [0.25, 0.3) is 0 Å². The molecular weight excluding hydrogens is 243 g/mol. The van der Waals surface area contributed by atoms with Crippen LogP contribution in [0.15, 0.2) is 6.20 Å². The molecule has 0 unspecified atom stereocenters. The highest BCUT2D eigenvalue weighted by Gasteiger charge is 2.47. The molecule has 0 radical (unpaired) electrons. The molecule has 16 heavy (non-hydrogen) atoms. The number of aliphatic hydroxyl groups is 1. The van der Waals surface area contributed by atoms with Crippen molar-refractivity contribution in [3.8, 4) is 0 Å². The number of alkyl halides is 3. The monoisotopic (exact) mass is 253 g/mol. The van der Waals surface area contributed by atoms with Crippen molar-refractivity contribution in [3.05, 3.63) is 16.1 Å². The van der Waals surface area contributed by atoms with E-state index in [2.05, 4.69) is 4.98 Å². The zero-order chi connectivity index (χ0) is 12.0. The van der Waals surface area contributed by atoms with Crippen LogP contribution in [0.3, 0.4) is 0 Å². The summed E-state index contributed by atoms with van der Waals surface area (Å²) in [6.45, 7) is 0. The third-order valence-corrected chi connectivity index (χ3v) is 3.91. The minimum atomic E-state index is -4.44. The summed E-state index contributed by atoms with van der Waals surface area (Å²) in [5.41, 5.74) is -1.19. The fraction of sp³-hybridized carbons (Fsp3) is 0.667. The van der Waals surface area contributed by atoms with E-state index in [1.54, 1.807) is 0 Å². The number of halogens is 3. The van der Waals surface area contributed by atoms with E-state index in [0.29, 0.717) is 24.2 Å². The van der Waals surface area contributed by atoms with Gasteiger partial charge >= 0.3 is 6.18 Å². The molecule has 1 N–H and O–H groups in total. The molecule has 0 spiro atoms. The van der Waals surface area contributed by atoms with Crippen LogP contribution in [0.4, 0.5) is 13.2 Å². The highest BCUT2D eigenvalue weighted by molar-refractivity contribution is 7.11. The average Bonchev–Trinajstić information content (AvgIpc) is 2.60. The molecule has 0 aliphatic heterocycles. The molecule has 0 bridgehead atoms. The van der Waals surface area contributed by atoms with Crippen molar-refractivity contribution in [1.82, 2.24) is 4.98 Å². The van der Waals surface area contributed by atoms with E-state index >= 15 is 0 Å². The third-order valence-electron chi connectivity index (χ3n) is 2.67. The van der Waals surface area contributed by atoms with Crippen LogP contribution >= 0.6 is 11.3 Å². The molecule has 1 saturated carbocycles. The maximum Gasteiger partial charge on any atom is 0.443 e. The highest BCUT2D eigenvalue weighted by Crippen LogP contribution is 2.46. The molecule has 7 heteroatoms. The van der Waals surface area contributed by atoms with Crippen molar-refractivity contribution in [2.24, 2.45) is 0 Å². The van der Waals surface area contributed by atoms with Crippen LogP contribution in [-0.2, 0) is 16.5 Å². The number of rotatable bonds is 2. The van der Waals surface area contributed by atoms with E-state index in [-0.39, 0.29) is 11.0 Å². The van der Waals surface area contributed by atoms with Gasteiger partial charge in [-0.25, -0.2) is 4.98 Å². The number of ether oxygens (including phenoxy) is 1. The molecule has 1 fully saturated rings. The van der Waals surface area contributed by atoms with Gasteiger partial charge in [0.1, 0.15) is 5.60 Å². The van der Waals surface area contributed by atoms with Gasteiger partial charge in [-0.15, -0.1) is 11.3 Å². The third kappa shape index (κ3) is 1.94. The molecule has 3 nitrogen and oxygen atoms in total. The summed E-state index contributed by atoms with van der Waals surface area (Å²) in [6, 6.07) is 0. The number of nitrogens with zero attached hydrogens (tertiary/aromatic N) is 1. The van der Waals surface area contributed by atoms with Crippen molar-refractivity contribution < 1.29 is 23.0 Å². The Kier molecular flexibility index (Phi) is 2.72. The van der Waals surface area contributed by atoms with E-state index < -0.39 is 16.8 Å². The molecule has 1 aliphatic carbocycles. The minimum Gasteiger partial charge on any atom is -0.384 e. The lowest BCUT2D eigenvalue weighted by atomic mass is 9.77. The lowest BCUT2D eigenvalue weighted by molar-refractivity contribution is -0.137. The first kappa shape index (κ1) is 11.8. The van der Waals surface area contributed by atoms with Gasteiger partial charge in [-0.3, -0.25) is 0 Å². The zero-order valence-electron chi connectivity index (χ0n) is 8.41. The zero-order valence-corrected chi connectivity index (χ0v) is 9.23. The van der Waals surface area contributed by atoms with Crippen LogP contribution in [0.5, 0.6) is 0 Å². The molecule has 0 amide bonds. The summed E-state index contributed by atoms with van der Waals surface area (Å²) in [7, 11) is 1.51. The second kappa shape index (κ2) is 3.68. The maximum absolute atomic E-state index is 12.3. The highest BCUT2D eigenvalue weighted by atomic mass is 32.1. The summed E-state index contributed by atoms with van der Waals surface area (Å²) in [4.78, 5) is 3.54. The van der Waals surface area contributed by atoms with Gasteiger partial charge in [0.2, 0.25) is 0 Å². The Hall–Kier alpha value is -0.660. The molecule has 90 valence electrons. The number of hydrogen-bond donors (Lipinski definition) is 1. The van der Waals surface area contributed by atoms with Crippen LogP contribution in [0.1, 0.15) is 22.7 Å². The van der Waals surface area contributed by atoms with Crippen LogP contribution < -0.4 is 0 Å². The van der Waals surface area contributed by atoms with Gasteiger partial charge in [0.25, 0.3) is 0 Å². The first-order valence-electron chi connectivity index (χ1n) is 4.64. The lowest BCUT2D eigenvalue weighted by Gasteiger charge is -2.41. The molecular formula is C9H10F3NO2S. The van der Waals surface area contributed by atoms with Crippen molar-refractivity contribution in [1.29, 1.82) is 0 Å². The summed E-state index contributed by atoms with van der Waals surface area (Å²) in [5.74, 6) is 0. The van der Waals surface area contributed by atoms with Gasteiger partial charge in [0.15, 0.2) is 5.01 Å². The number of thiazole rings is 1. The molecule has 0 aromatic carbocycles. The van der Waals surface area contributed by atoms with Crippen LogP contribution in [0.2, 0.25) is 0 Å². The Labute approximate surface area is 93.9 Å². The second-order valence-electron chi connectivity index (χ2n) is 3.82. The van der Waals surface area contributed by atoms with Crippen LogP contribution in [-0.4, -0.2) is 23.3 Å². The number of methoxy groups -OCH3 is 1. The predicted octanol–water partition coefficient (Wildman–Crippen LogP) is 2.16. The maximum atomic E-state index is 12.3. The van der Waals surface area contributed by atoms with Gasteiger partial charge in [0.05, 0.1) is 11.0 Å². The molecule has 1 heterocycles. The van der Waals surface area contributed by atoms with Gasteiger partial charge in [-0.05, 0) is 0 Å². The Morgan fingerprint density at radius 1 is 1.56 bits per heavy atom. The number of hydrogen-bond acceptors (Lipinski definition) is 4.